The Labute approximate surface area is 153 Å². The van der Waals surface area contributed by atoms with Crippen molar-refractivity contribution in [2.45, 2.75) is 19.0 Å². The van der Waals surface area contributed by atoms with Crippen molar-refractivity contribution in [3.63, 3.8) is 0 Å². The van der Waals surface area contributed by atoms with Gasteiger partial charge in [-0.05, 0) is 24.6 Å². The average Bonchev–Trinajstić information content (AvgIpc) is 3.20. The van der Waals surface area contributed by atoms with Crippen LogP contribution in [0, 0.1) is 10.1 Å². The molecule has 0 unspecified atom stereocenters. The van der Waals surface area contributed by atoms with E-state index in [0.29, 0.717) is 17.1 Å². The molecule has 2 aliphatic rings. The zero-order valence-electron chi connectivity index (χ0n) is 14.3. The van der Waals surface area contributed by atoms with Crippen LogP contribution in [0.3, 0.4) is 0 Å². The summed E-state index contributed by atoms with van der Waals surface area (Å²) in [6, 6.07) is 10.4. The van der Waals surface area contributed by atoms with Gasteiger partial charge in [0.25, 0.3) is 11.6 Å². The number of nitro groups is 1. The lowest BCUT2D eigenvalue weighted by Gasteiger charge is -2.22. The number of amides is 3. The largest absolute Gasteiger partial charge is 0.454 e. The fourth-order valence-electron chi connectivity index (χ4n) is 3.24. The molecule has 2 heterocycles. The van der Waals surface area contributed by atoms with Gasteiger partial charge in [0.1, 0.15) is 5.54 Å². The molecule has 9 heteroatoms. The minimum atomic E-state index is -1.30. The normalized spacial score (nSPS) is 20.7. The molecule has 0 saturated carbocycles. The molecule has 138 valence electrons. The van der Waals surface area contributed by atoms with E-state index in [1.165, 1.54) is 18.2 Å². The first-order chi connectivity index (χ1) is 12.9. The van der Waals surface area contributed by atoms with Crippen LogP contribution in [0.25, 0.3) is 0 Å². The summed E-state index contributed by atoms with van der Waals surface area (Å²) in [5, 5.41) is 13.9. The third-order valence-electron chi connectivity index (χ3n) is 4.74. The first kappa shape index (κ1) is 16.8. The van der Waals surface area contributed by atoms with Crippen LogP contribution < -0.4 is 14.8 Å². The van der Waals surface area contributed by atoms with Crippen molar-refractivity contribution in [3.05, 3.63) is 63.7 Å². The number of hydrogen-bond donors (Lipinski definition) is 1. The van der Waals surface area contributed by atoms with E-state index in [1.807, 2.05) is 0 Å². The van der Waals surface area contributed by atoms with Crippen molar-refractivity contribution in [3.8, 4) is 11.5 Å². The summed E-state index contributed by atoms with van der Waals surface area (Å²) in [6.07, 6.45) is 0. The van der Waals surface area contributed by atoms with E-state index in [9.17, 15) is 19.7 Å². The third kappa shape index (κ3) is 2.64. The van der Waals surface area contributed by atoms with Crippen molar-refractivity contribution < 1.29 is 24.0 Å². The van der Waals surface area contributed by atoms with Crippen LogP contribution in [0.1, 0.15) is 18.1 Å². The Hall–Kier alpha value is -3.62. The number of nitrogens with zero attached hydrogens (tertiary/aromatic N) is 2. The van der Waals surface area contributed by atoms with E-state index in [1.54, 1.807) is 31.2 Å². The number of carbonyl (C=O) groups excluding carboxylic acids is 2. The maximum Gasteiger partial charge on any atom is 0.325 e. The number of carbonyl (C=O) groups is 2. The van der Waals surface area contributed by atoms with E-state index in [0.717, 1.165) is 4.90 Å². The standard InChI is InChI=1S/C18H15N3O6/c1-18(12-6-7-14-15(8-12)27-10-26-14)16(22)20(17(23)19-18)9-11-4-2-3-5-13(11)21(24)25/h2-8H,9-10H2,1H3,(H,19,23)/t18-/m1/s1. The minimum absolute atomic E-state index is 0.0968. The topological polar surface area (TPSA) is 111 Å². The summed E-state index contributed by atoms with van der Waals surface area (Å²) in [6.45, 7) is 1.49. The lowest BCUT2D eigenvalue weighted by molar-refractivity contribution is -0.385. The Morgan fingerprint density at radius 1 is 1.19 bits per heavy atom. The second kappa shape index (κ2) is 5.97. The molecule has 0 aliphatic carbocycles. The fourth-order valence-corrected chi connectivity index (χ4v) is 3.24. The van der Waals surface area contributed by atoms with Gasteiger partial charge in [-0.3, -0.25) is 19.8 Å². The number of ether oxygens (including phenoxy) is 2. The predicted octanol–water partition coefficient (Wildman–Crippen LogP) is 2.29. The molecule has 2 aromatic carbocycles. The first-order valence-electron chi connectivity index (χ1n) is 8.16. The van der Waals surface area contributed by atoms with Crippen molar-refractivity contribution in [1.82, 2.24) is 10.2 Å². The van der Waals surface area contributed by atoms with Crippen LogP contribution in [0.5, 0.6) is 11.5 Å². The highest BCUT2D eigenvalue weighted by atomic mass is 16.7. The predicted molar refractivity (Wildman–Crippen MR) is 92.1 cm³/mol. The summed E-state index contributed by atoms with van der Waals surface area (Å²) in [4.78, 5) is 37.1. The van der Waals surface area contributed by atoms with E-state index in [2.05, 4.69) is 5.32 Å². The van der Waals surface area contributed by atoms with Crippen LogP contribution in [0.4, 0.5) is 10.5 Å². The van der Waals surface area contributed by atoms with E-state index in [-0.39, 0.29) is 24.6 Å². The molecule has 0 radical (unpaired) electrons. The monoisotopic (exact) mass is 369 g/mol. The zero-order valence-corrected chi connectivity index (χ0v) is 14.3. The molecule has 27 heavy (non-hydrogen) atoms. The van der Waals surface area contributed by atoms with Crippen molar-refractivity contribution in [1.29, 1.82) is 0 Å². The Morgan fingerprint density at radius 2 is 1.93 bits per heavy atom. The van der Waals surface area contributed by atoms with Crippen LogP contribution in [0.15, 0.2) is 42.5 Å². The van der Waals surface area contributed by atoms with Gasteiger partial charge in [-0.25, -0.2) is 4.79 Å². The summed E-state index contributed by atoms with van der Waals surface area (Å²) in [5.41, 5.74) is -0.632. The van der Waals surface area contributed by atoms with Crippen molar-refractivity contribution >= 4 is 17.6 Å². The summed E-state index contributed by atoms with van der Waals surface area (Å²) in [5.74, 6) is 0.563. The Bertz CT molecular complexity index is 975. The number of hydrogen-bond acceptors (Lipinski definition) is 6. The summed E-state index contributed by atoms with van der Waals surface area (Å²) < 4.78 is 10.6. The number of urea groups is 1. The van der Waals surface area contributed by atoms with Crippen LogP contribution in [-0.4, -0.2) is 28.6 Å². The van der Waals surface area contributed by atoms with Crippen LogP contribution in [-0.2, 0) is 16.9 Å². The van der Waals surface area contributed by atoms with Gasteiger partial charge in [0.15, 0.2) is 11.5 Å². The molecular formula is C18H15N3O6. The van der Waals surface area contributed by atoms with E-state index < -0.39 is 22.4 Å². The molecular weight excluding hydrogens is 354 g/mol. The lowest BCUT2D eigenvalue weighted by atomic mass is 9.91. The molecule has 2 aliphatic heterocycles. The molecule has 3 amide bonds. The number of fused-ring (bicyclic) bond motifs is 1. The highest BCUT2D eigenvalue weighted by molar-refractivity contribution is 6.07. The van der Waals surface area contributed by atoms with Gasteiger partial charge in [0, 0.05) is 11.6 Å². The summed E-state index contributed by atoms with van der Waals surface area (Å²) >= 11 is 0. The van der Waals surface area contributed by atoms with Gasteiger partial charge < -0.3 is 14.8 Å². The molecule has 1 saturated heterocycles. The number of rotatable bonds is 4. The van der Waals surface area contributed by atoms with E-state index >= 15 is 0 Å². The number of para-hydroxylation sites is 1. The number of benzene rings is 2. The molecule has 2 aromatic rings. The van der Waals surface area contributed by atoms with Gasteiger partial charge >= 0.3 is 6.03 Å². The molecule has 9 nitrogen and oxygen atoms in total. The average molecular weight is 369 g/mol. The van der Waals surface area contributed by atoms with Crippen LogP contribution in [0.2, 0.25) is 0 Å². The second-order valence-corrected chi connectivity index (χ2v) is 6.40. The lowest BCUT2D eigenvalue weighted by Crippen LogP contribution is -2.40. The molecule has 1 N–H and O–H groups in total. The zero-order chi connectivity index (χ0) is 19.2. The third-order valence-corrected chi connectivity index (χ3v) is 4.74. The first-order valence-corrected chi connectivity index (χ1v) is 8.16. The van der Waals surface area contributed by atoms with Crippen molar-refractivity contribution in [2.24, 2.45) is 0 Å². The molecule has 0 spiro atoms. The maximum atomic E-state index is 13.0. The maximum absolute atomic E-state index is 13.0. The number of nitro benzene ring substituents is 1. The highest BCUT2D eigenvalue weighted by Crippen LogP contribution is 2.38. The smallest absolute Gasteiger partial charge is 0.325 e. The van der Waals surface area contributed by atoms with Gasteiger partial charge in [-0.1, -0.05) is 24.3 Å². The fraction of sp³-hybridized carbons (Fsp3) is 0.222. The number of nitrogens with one attached hydrogen (secondary N) is 1. The van der Waals surface area contributed by atoms with E-state index in [4.69, 9.17) is 9.47 Å². The highest BCUT2D eigenvalue weighted by Gasteiger charge is 2.49. The SMILES string of the molecule is C[C@]1(c2ccc3c(c2)OCO3)NC(=O)N(Cc2ccccc2[N+](=O)[O-])C1=O. The number of imide groups is 1. The quantitative estimate of drug-likeness (QED) is 0.503. The van der Waals surface area contributed by atoms with Gasteiger partial charge in [-0.2, -0.15) is 0 Å². The van der Waals surface area contributed by atoms with Crippen molar-refractivity contribution in [2.75, 3.05) is 6.79 Å². The second-order valence-electron chi connectivity index (χ2n) is 6.40. The molecule has 4 rings (SSSR count). The van der Waals surface area contributed by atoms with Crippen LogP contribution >= 0.6 is 0 Å². The van der Waals surface area contributed by atoms with Gasteiger partial charge in [0.05, 0.1) is 11.5 Å². The molecule has 0 aromatic heterocycles. The molecule has 1 atom stereocenters. The summed E-state index contributed by atoms with van der Waals surface area (Å²) in [7, 11) is 0. The minimum Gasteiger partial charge on any atom is -0.454 e. The Kier molecular flexibility index (Phi) is 3.72. The molecule has 0 bridgehead atoms. The van der Waals surface area contributed by atoms with Gasteiger partial charge in [0.2, 0.25) is 6.79 Å². The Morgan fingerprint density at radius 3 is 2.70 bits per heavy atom. The van der Waals surface area contributed by atoms with Gasteiger partial charge in [-0.15, -0.1) is 0 Å². The molecule has 1 fully saturated rings. The Balaban J connectivity index is 1.65.